The molecule has 2 rings (SSSR count). The number of rotatable bonds is 6. The number of nitrogens with zero attached hydrogens (tertiary/aromatic N) is 2. The Morgan fingerprint density at radius 2 is 2.09 bits per heavy atom. The molecule has 1 atom stereocenters. The number of nitriles is 1. The Kier molecular flexibility index (Phi) is 5.45. The number of hydrogen-bond donors (Lipinski definition) is 1. The number of ether oxygens (including phenoxy) is 1. The molecule has 118 valence electrons. The minimum atomic E-state index is -0.585. The van der Waals surface area contributed by atoms with Crippen LogP contribution in [0.2, 0.25) is 0 Å². The van der Waals surface area contributed by atoms with Crippen molar-refractivity contribution in [2.24, 2.45) is 0 Å². The van der Waals surface area contributed by atoms with Crippen molar-refractivity contribution >= 4 is 5.97 Å². The van der Waals surface area contributed by atoms with Crippen LogP contribution in [0.25, 0.3) is 0 Å². The van der Waals surface area contributed by atoms with Gasteiger partial charge in [0.25, 0.3) is 0 Å². The van der Waals surface area contributed by atoms with Gasteiger partial charge in [-0.3, -0.25) is 9.78 Å². The molecule has 5 heteroatoms. The number of hydrogen-bond acceptors (Lipinski definition) is 5. The van der Waals surface area contributed by atoms with Crippen LogP contribution in [-0.2, 0) is 21.6 Å². The van der Waals surface area contributed by atoms with Crippen LogP contribution >= 0.6 is 0 Å². The van der Waals surface area contributed by atoms with Gasteiger partial charge in [0.1, 0.15) is 0 Å². The second-order valence-electron chi connectivity index (χ2n) is 5.49. The summed E-state index contributed by atoms with van der Waals surface area (Å²) < 4.78 is 4.82. The highest BCUT2D eigenvalue weighted by Gasteiger charge is 2.29. The first-order valence-electron chi connectivity index (χ1n) is 7.29. The molecule has 0 saturated carbocycles. The Balaban J connectivity index is 2.21. The molecule has 0 bridgehead atoms. The third-order valence-electron chi connectivity index (χ3n) is 3.78. The summed E-state index contributed by atoms with van der Waals surface area (Å²) in [6, 6.07) is 13.3. The van der Waals surface area contributed by atoms with Gasteiger partial charge in [0.2, 0.25) is 0 Å². The monoisotopic (exact) mass is 309 g/mol. The topological polar surface area (TPSA) is 75.0 Å². The van der Waals surface area contributed by atoms with E-state index in [1.165, 1.54) is 7.11 Å². The molecule has 0 aliphatic heterocycles. The summed E-state index contributed by atoms with van der Waals surface area (Å²) in [4.78, 5) is 15.8. The molecule has 1 aromatic heterocycles. The van der Waals surface area contributed by atoms with Crippen LogP contribution in [0.4, 0.5) is 0 Å². The summed E-state index contributed by atoms with van der Waals surface area (Å²) in [5.74, 6) is -0.289. The van der Waals surface area contributed by atoms with Gasteiger partial charge in [-0.2, -0.15) is 5.26 Å². The van der Waals surface area contributed by atoms with Crippen molar-refractivity contribution in [1.29, 1.82) is 5.26 Å². The van der Waals surface area contributed by atoms with Crippen LogP contribution in [0.15, 0.2) is 48.8 Å². The van der Waals surface area contributed by atoms with Crippen LogP contribution in [0, 0.1) is 11.3 Å². The highest BCUT2D eigenvalue weighted by atomic mass is 16.5. The molecule has 2 aromatic rings. The normalized spacial score (nSPS) is 12.9. The number of nitrogens with one attached hydrogen (secondary N) is 1. The molecule has 0 fully saturated rings. The molecular formula is C18H19N3O2. The molecule has 0 saturated heterocycles. The van der Waals surface area contributed by atoms with E-state index in [1.54, 1.807) is 18.5 Å². The average molecular weight is 309 g/mol. The molecule has 1 N–H and O–H groups in total. The van der Waals surface area contributed by atoms with E-state index in [0.29, 0.717) is 12.1 Å². The molecular weight excluding hydrogens is 290 g/mol. The SMILES string of the molecule is COC(=O)C[C@@](C)(NCc1cccc(C#N)c1)c1ccncc1. The van der Waals surface area contributed by atoms with Gasteiger partial charge < -0.3 is 10.1 Å². The number of carbonyl (C=O) groups excluding carboxylic acids is 1. The van der Waals surface area contributed by atoms with Crippen LogP contribution in [0.1, 0.15) is 30.0 Å². The smallest absolute Gasteiger partial charge is 0.307 e. The van der Waals surface area contributed by atoms with Crippen LogP contribution in [0.5, 0.6) is 0 Å². The number of methoxy groups -OCH3 is 1. The summed E-state index contributed by atoms with van der Waals surface area (Å²) >= 11 is 0. The standard InChI is InChI=1S/C18H19N3O2/c1-18(11-17(22)23-2,16-6-8-20-9-7-16)21-13-15-5-3-4-14(10-15)12-19/h3-10,21H,11,13H2,1-2H3/t18-/m1/s1. The second-order valence-corrected chi connectivity index (χ2v) is 5.49. The van der Waals surface area contributed by atoms with E-state index in [4.69, 9.17) is 10.00 Å². The van der Waals surface area contributed by atoms with Gasteiger partial charge in [-0.1, -0.05) is 12.1 Å². The third kappa shape index (κ3) is 4.38. The Hall–Kier alpha value is -2.71. The Morgan fingerprint density at radius 3 is 2.74 bits per heavy atom. The maximum atomic E-state index is 11.8. The van der Waals surface area contributed by atoms with Crippen LogP contribution in [-0.4, -0.2) is 18.1 Å². The maximum absolute atomic E-state index is 11.8. The van der Waals surface area contributed by atoms with E-state index in [-0.39, 0.29) is 12.4 Å². The van der Waals surface area contributed by atoms with Gasteiger partial charge in [0, 0.05) is 18.9 Å². The van der Waals surface area contributed by atoms with Crippen molar-refractivity contribution < 1.29 is 9.53 Å². The first kappa shape index (κ1) is 16.7. The summed E-state index contributed by atoms with van der Waals surface area (Å²) in [7, 11) is 1.38. The lowest BCUT2D eigenvalue weighted by atomic mass is 9.89. The zero-order chi connectivity index (χ0) is 16.7. The van der Waals surface area contributed by atoms with Crippen molar-refractivity contribution in [2.45, 2.75) is 25.4 Å². The lowest BCUT2D eigenvalue weighted by Crippen LogP contribution is -2.41. The molecule has 0 aliphatic carbocycles. The van der Waals surface area contributed by atoms with Gasteiger partial charge in [-0.25, -0.2) is 0 Å². The fraction of sp³-hybridized carbons (Fsp3) is 0.278. The minimum absolute atomic E-state index is 0.200. The maximum Gasteiger partial charge on any atom is 0.307 e. The highest BCUT2D eigenvalue weighted by Crippen LogP contribution is 2.25. The van der Waals surface area contributed by atoms with E-state index in [1.807, 2.05) is 37.3 Å². The highest BCUT2D eigenvalue weighted by molar-refractivity contribution is 5.71. The summed E-state index contributed by atoms with van der Waals surface area (Å²) in [5.41, 5.74) is 1.96. The van der Waals surface area contributed by atoms with E-state index in [9.17, 15) is 4.79 Å². The predicted molar refractivity (Wildman–Crippen MR) is 86.2 cm³/mol. The first-order chi connectivity index (χ1) is 11.1. The molecule has 1 aromatic carbocycles. The van der Waals surface area contributed by atoms with E-state index >= 15 is 0 Å². The average Bonchev–Trinajstić information content (AvgIpc) is 2.61. The number of pyridine rings is 1. The first-order valence-corrected chi connectivity index (χ1v) is 7.29. The summed E-state index contributed by atoms with van der Waals surface area (Å²) in [5, 5.41) is 12.4. The van der Waals surface area contributed by atoms with Crippen molar-refractivity contribution in [3.63, 3.8) is 0 Å². The quantitative estimate of drug-likeness (QED) is 0.830. The van der Waals surface area contributed by atoms with Crippen molar-refractivity contribution in [3.8, 4) is 6.07 Å². The van der Waals surface area contributed by atoms with E-state index in [2.05, 4.69) is 16.4 Å². The van der Waals surface area contributed by atoms with Gasteiger partial charge in [0.15, 0.2) is 0 Å². The lowest BCUT2D eigenvalue weighted by molar-refractivity contribution is -0.142. The molecule has 1 heterocycles. The Labute approximate surface area is 135 Å². The predicted octanol–water partition coefficient (Wildman–Crippen LogP) is 2.52. The Morgan fingerprint density at radius 1 is 1.35 bits per heavy atom. The summed E-state index contributed by atoms with van der Waals surface area (Å²) in [6.45, 7) is 2.48. The fourth-order valence-corrected chi connectivity index (χ4v) is 2.40. The van der Waals surface area contributed by atoms with E-state index < -0.39 is 5.54 Å². The molecule has 0 spiro atoms. The zero-order valence-electron chi connectivity index (χ0n) is 13.2. The zero-order valence-corrected chi connectivity index (χ0v) is 13.2. The second kappa shape index (κ2) is 7.52. The van der Waals surface area contributed by atoms with Crippen LogP contribution in [0.3, 0.4) is 0 Å². The molecule has 23 heavy (non-hydrogen) atoms. The lowest BCUT2D eigenvalue weighted by Gasteiger charge is -2.30. The van der Waals surface area contributed by atoms with Gasteiger partial charge in [0.05, 0.1) is 30.7 Å². The number of benzene rings is 1. The van der Waals surface area contributed by atoms with Gasteiger partial charge in [-0.05, 0) is 42.3 Å². The molecule has 0 aliphatic rings. The molecule has 0 unspecified atom stereocenters. The number of carbonyl (C=O) groups is 1. The number of esters is 1. The van der Waals surface area contributed by atoms with Crippen LogP contribution < -0.4 is 5.32 Å². The van der Waals surface area contributed by atoms with E-state index in [0.717, 1.165) is 11.1 Å². The van der Waals surface area contributed by atoms with Crippen molar-refractivity contribution in [3.05, 3.63) is 65.5 Å². The Bertz CT molecular complexity index is 710. The van der Waals surface area contributed by atoms with Crippen molar-refractivity contribution in [2.75, 3.05) is 7.11 Å². The third-order valence-corrected chi connectivity index (χ3v) is 3.78. The molecule has 0 radical (unpaired) electrons. The van der Waals surface area contributed by atoms with Gasteiger partial charge >= 0.3 is 5.97 Å². The fourth-order valence-electron chi connectivity index (χ4n) is 2.40. The summed E-state index contributed by atoms with van der Waals surface area (Å²) in [6.07, 6.45) is 3.59. The number of aromatic nitrogens is 1. The largest absolute Gasteiger partial charge is 0.469 e. The minimum Gasteiger partial charge on any atom is -0.469 e. The molecule has 0 amide bonds. The molecule has 5 nitrogen and oxygen atoms in total. The van der Waals surface area contributed by atoms with Gasteiger partial charge in [-0.15, -0.1) is 0 Å². The van der Waals surface area contributed by atoms with Crippen molar-refractivity contribution in [1.82, 2.24) is 10.3 Å².